The number of benzene rings is 1. The van der Waals surface area contributed by atoms with Crippen molar-refractivity contribution in [3.05, 3.63) is 29.3 Å². The molecule has 0 radical (unpaired) electrons. The summed E-state index contributed by atoms with van der Waals surface area (Å²) in [4.78, 5) is 24.0. The number of hydrogen-bond donors (Lipinski definition) is 3. The molecule has 3 N–H and O–H groups in total. The number of rotatable bonds is 3. The smallest absolute Gasteiger partial charge is 0.251 e. The van der Waals surface area contributed by atoms with E-state index in [1.807, 2.05) is 13.0 Å². The molecule has 6 heteroatoms. The molecular formula is C15H22ClN3O2. The van der Waals surface area contributed by atoms with Crippen LogP contribution in [0.5, 0.6) is 0 Å². The maximum atomic E-state index is 12.2. The molecule has 1 atom stereocenters. The molecule has 1 fully saturated rings. The molecule has 0 saturated carbocycles. The van der Waals surface area contributed by atoms with Crippen molar-refractivity contribution in [2.24, 2.45) is 5.92 Å². The Hall–Kier alpha value is -1.59. The van der Waals surface area contributed by atoms with Gasteiger partial charge >= 0.3 is 0 Å². The van der Waals surface area contributed by atoms with Crippen molar-refractivity contribution in [3.63, 3.8) is 0 Å². The van der Waals surface area contributed by atoms with Crippen LogP contribution in [0.4, 0.5) is 5.69 Å². The van der Waals surface area contributed by atoms with Gasteiger partial charge in [0, 0.05) is 24.8 Å². The zero-order valence-electron chi connectivity index (χ0n) is 12.4. The van der Waals surface area contributed by atoms with Crippen molar-refractivity contribution in [1.82, 2.24) is 10.6 Å². The summed E-state index contributed by atoms with van der Waals surface area (Å²) >= 11 is 0. The highest BCUT2D eigenvalue weighted by molar-refractivity contribution is 5.99. The van der Waals surface area contributed by atoms with Crippen LogP contribution in [-0.2, 0) is 4.79 Å². The van der Waals surface area contributed by atoms with E-state index in [1.54, 1.807) is 19.2 Å². The average molecular weight is 312 g/mol. The Balaban J connectivity index is 0.00000220. The van der Waals surface area contributed by atoms with Crippen molar-refractivity contribution in [2.45, 2.75) is 19.8 Å². The molecule has 1 heterocycles. The molecule has 0 aromatic heterocycles. The molecule has 1 aliphatic rings. The SMILES string of the molecule is CNC(=O)c1cccc(NC(=O)C2CCCNC2)c1C.Cl. The first kappa shape index (κ1) is 17.5. The number of carbonyl (C=O) groups excluding carboxylic acids is 2. The molecule has 2 rings (SSSR count). The zero-order chi connectivity index (χ0) is 14.5. The van der Waals surface area contributed by atoms with E-state index in [-0.39, 0.29) is 30.1 Å². The highest BCUT2D eigenvalue weighted by Crippen LogP contribution is 2.21. The summed E-state index contributed by atoms with van der Waals surface area (Å²) in [7, 11) is 1.60. The van der Waals surface area contributed by atoms with Crippen molar-refractivity contribution in [2.75, 3.05) is 25.5 Å². The van der Waals surface area contributed by atoms with E-state index >= 15 is 0 Å². The number of hydrogen-bond acceptors (Lipinski definition) is 3. The minimum Gasteiger partial charge on any atom is -0.355 e. The molecule has 21 heavy (non-hydrogen) atoms. The van der Waals surface area contributed by atoms with Crippen LogP contribution in [0.2, 0.25) is 0 Å². The monoisotopic (exact) mass is 311 g/mol. The first-order valence-corrected chi connectivity index (χ1v) is 6.96. The molecule has 0 bridgehead atoms. The van der Waals surface area contributed by atoms with E-state index in [0.29, 0.717) is 11.3 Å². The normalized spacial score (nSPS) is 17.5. The summed E-state index contributed by atoms with van der Waals surface area (Å²) in [5.74, 6) is -0.112. The van der Waals surface area contributed by atoms with Crippen LogP contribution in [-0.4, -0.2) is 32.0 Å². The van der Waals surface area contributed by atoms with Crippen LogP contribution < -0.4 is 16.0 Å². The first-order valence-electron chi connectivity index (χ1n) is 6.96. The van der Waals surface area contributed by atoms with Gasteiger partial charge in [-0.05, 0) is 44.0 Å². The highest BCUT2D eigenvalue weighted by Gasteiger charge is 2.21. The van der Waals surface area contributed by atoms with Crippen molar-refractivity contribution in [1.29, 1.82) is 0 Å². The van der Waals surface area contributed by atoms with Gasteiger partial charge < -0.3 is 16.0 Å². The van der Waals surface area contributed by atoms with E-state index in [1.165, 1.54) is 0 Å². The third kappa shape index (κ3) is 4.19. The van der Waals surface area contributed by atoms with Gasteiger partial charge in [-0.25, -0.2) is 0 Å². The Kier molecular flexibility index (Phi) is 6.65. The van der Waals surface area contributed by atoms with Crippen LogP contribution in [0.15, 0.2) is 18.2 Å². The van der Waals surface area contributed by atoms with Crippen LogP contribution in [0.3, 0.4) is 0 Å². The second kappa shape index (κ2) is 8.00. The van der Waals surface area contributed by atoms with Gasteiger partial charge in [-0.1, -0.05) is 6.07 Å². The van der Waals surface area contributed by atoms with Crippen LogP contribution in [0, 0.1) is 12.8 Å². The number of carbonyl (C=O) groups is 2. The van der Waals surface area contributed by atoms with Gasteiger partial charge in [-0.2, -0.15) is 0 Å². The minimum atomic E-state index is -0.141. The van der Waals surface area contributed by atoms with Crippen LogP contribution >= 0.6 is 12.4 Å². The Labute approximate surface area is 131 Å². The molecular weight excluding hydrogens is 290 g/mol. The maximum Gasteiger partial charge on any atom is 0.251 e. The summed E-state index contributed by atoms with van der Waals surface area (Å²) in [6, 6.07) is 5.37. The second-order valence-electron chi connectivity index (χ2n) is 5.09. The van der Waals surface area contributed by atoms with Gasteiger partial charge in [0.05, 0.1) is 5.92 Å². The summed E-state index contributed by atoms with van der Waals surface area (Å²) < 4.78 is 0. The maximum absolute atomic E-state index is 12.2. The van der Waals surface area contributed by atoms with E-state index in [0.717, 1.165) is 31.5 Å². The van der Waals surface area contributed by atoms with E-state index in [9.17, 15) is 9.59 Å². The van der Waals surface area contributed by atoms with Gasteiger partial charge in [-0.3, -0.25) is 9.59 Å². The number of halogens is 1. The zero-order valence-corrected chi connectivity index (χ0v) is 13.2. The average Bonchev–Trinajstić information content (AvgIpc) is 2.49. The van der Waals surface area contributed by atoms with E-state index in [4.69, 9.17) is 0 Å². The predicted octanol–water partition coefficient (Wildman–Crippen LogP) is 1.71. The van der Waals surface area contributed by atoms with Crippen LogP contribution in [0.25, 0.3) is 0 Å². The molecule has 116 valence electrons. The molecule has 1 aromatic carbocycles. The van der Waals surface area contributed by atoms with E-state index < -0.39 is 0 Å². The fourth-order valence-corrected chi connectivity index (χ4v) is 2.46. The third-order valence-corrected chi connectivity index (χ3v) is 3.73. The van der Waals surface area contributed by atoms with Crippen LogP contribution in [0.1, 0.15) is 28.8 Å². The highest BCUT2D eigenvalue weighted by atomic mass is 35.5. The lowest BCUT2D eigenvalue weighted by atomic mass is 9.98. The molecule has 0 spiro atoms. The molecule has 0 aliphatic carbocycles. The summed E-state index contributed by atoms with van der Waals surface area (Å²) in [5.41, 5.74) is 2.10. The van der Waals surface area contributed by atoms with Gasteiger partial charge in [0.1, 0.15) is 0 Å². The van der Waals surface area contributed by atoms with E-state index in [2.05, 4.69) is 16.0 Å². The number of piperidine rings is 1. The first-order chi connectivity index (χ1) is 9.63. The number of amides is 2. The number of nitrogens with one attached hydrogen (secondary N) is 3. The topological polar surface area (TPSA) is 70.2 Å². The fourth-order valence-electron chi connectivity index (χ4n) is 2.46. The quantitative estimate of drug-likeness (QED) is 0.796. The largest absolute Gasteiger partial charge is 0.355 e. The Morgan fingerprint density at radius 1 is 1.33 bits per heavy atom. The van der Waals surface area contributed by atoms with Gasteiger partial charge in [0.2, 0.25) is 5.91 Å². The van der Waals surface area contributed by atoms with Crippen molar-refractivity contribution >= 4 is 29.9 Å². The Morgan fingerprint density at radius 2 is 2.10 bits per heavy atom. The van der Waals surface area contributed by atoms with Gasteiger partial charge in [-0.15, -0.1) is 12.4 Å². The Bertz CT molecular complexity index is 514. The summed E-state index contributed by atoms with van der Waals surface area (Å²) in [6.45, 7) is 3.55. The molecule has 2 amide bonds. The molecule has 1 aliphatic heterocycles. The molecule has 5 nitrogen and oxygen atoms in total. The van der Waals surface area contributed by atoms with Crippen molar-refractivity contribution < 1.29 is 9.59 Å². The third-order valence-electron chi connectivity index (χ3n) is 3.73. The molecule has 1 unspecified atom stereocenters. The lowest BCUT2D eigenvalue weighted by Crippen LogP contribution is -2.37. The Morgan fingerprint density at radius 3 is 2.71 bits per heavy atom. The fraction of sp³-hybridized carbons (Fsp3) is 0.467. The second-order valence-corrected chi connectivity index (χ2v) is 5.09. The lowest BCUT2D eigenvalue weighted by molar-refractivity contribution is -0.120. The lowest BCUT2D eigenvalue weighted by Gasteiger charge is -2.22. The number of anilines is 1. The van der Waals surface area contributed by atoms with Gasteiger partial charge in [0.15, 0.2) is 0 Å². The standard InChI is InChI=1S/C15H21N3O2.ClH/c1-10-12(15(20)16-2)6-3-7-13(10)18-14(19)11-5-4-8-17-9-11;/h3,6-7,11,17H,4-5,8-9H2,1-2H3,(H,16,20)(H,18,19);1H. The summed E-state index contributed by atoms with van der Waals surface area (Å²) in [6.07, 6.45) is 1.93. The molecule has 1 saturated heterocycles. The predicted molar refractivity (Wildman–Crippen MR) is 86.0 cm³/mol. The van der Waals surface area contributed by atoms with Crippen molar-refractivity contribution in [3.8, 4) is 0 Å². The minimum absolute atomic E-state index is 0. The summed E-state index contributed by atoms with van der Waals surface area (Å²) in [5, 5.41) is 8.77. The molecule has 1 aromatic rings. The van der Waals surface area contributed by atoms with Gasteiger partial charge in [0.25, 0.3) is 5.91 Å².